The van der Waals surface area contributed by atoms with Crippen LogP contribution >= 0.6 is 0 Å². The average molecular weight is 292 g/mol. The van der Waals surface area contributed by atoms with Gasteiger partial charge in [-0.3, -0.25) is 4.79 Å². The quantitative estimate of drug-likeness (QED) is 0.834. The zero-order valence-corrected chi connectivity index (χ0v) is 12.5. The van der Waals surface area contributed by atoms with E-state index in [-0.39, 0.29) is 17.8 Å². The third-order valence-electron chi connectivity index (χ3n) is 3.78. The minimum atomic E-state index is 0.0344. The molecule has 116 valence electrons. The maximum Gasteiger partial charge on any atom is 0.224 e. The Bertz CT molecular complexity index is 459. The number of rotatable bonds is 6. The summed E-state index contributed by atoms with van der Waals surface area (Å²) >= 11 is 0. The van der Waals surface area contributed by atoms with Crippen LogP contribution < -0.4 is 5.32 Å². The van der Waals surface area contributed by atoms with Crippen molar-refractivity contribution in [3.05, 3.63) is 29.8 Å². The van der Waals surface area contributed by atoms with Gasteiger partial charge >= 0.3 is 0 Å². The molecule has 2 rings (SSSR count). The van der Waals surface area contributed by atoms with Gasteiger partial charge in [0.25, 0.3) is 0 Å². The molecule has 0 atom stereocenters. The molecule has 5 heteroatoms. The lowest BCUT2D eigenvalue weighted by molar-refractivity contribution is -0.132. The van der Waals surface area contributed by atoms with Crippen molar-refractivity contribution in [2.75, 3.05) is 26.7 Å². The summed E-state index contributed by atoms with van der Waals surface area (Å²) in [5.41, 5.74) is 0.757. The molecule has 2 N–H and O–H groups in total. The number of carbonyl (C=O) groups is 1. The molecule has 1 saturated heterocycles. The Balaban J connectivity index is 1.71. The number of hydrogen-bond donors (Lipinski definition) is 2. The Labute approximate surface area is 125 Å². The van der Waals surface area contributed by atoms with E-state index >= 15 is 0 Å². The number of hydrogen-bond acceptors (Lipinski definition) is 4. The fourth-order valence-corrected chi connectivity index (χ4v) is 2.45. The minimum absolute atomic E-state index is 0.0344. The molecule has 1 heterocycles. The number of nitrogens with one attached hydrogen (secondary N) is 1. The molecule has 21 heavy (non-hydrogen) atoms. The maximum absolute atomic E-state index is 12.1. The smallest absolute Gasteiger partial charge is 0.224 e. The highest BCUT2D eigenvalue weighted by Gasteiger charge is 2.15. The van der Waals surface area contributed by atoms with Crippen LogP contribution in [0.1, 0.15) is 24.8 Å². The molecule has 0 aromatic heterocycles. The first kappa shape index (κ1) is 15.8. The number of phenols is 1. The maximum atomic E-state index is 12.1. The van der Waals surface area contributed by atoms with Gasteiger partial charge in [0.1, 0.15) is 5.75 Å². The summed E-state index contributed by atoms with van der Waals surface area (Å²) in [6.07, 6.45) is 2.69. The molecular formula is C16H24N2O3. The summed E-state index contributed by atoms with van der Waals surface area (Å²) in [7, 11) is 1.75. The van der Waals surface area contributed by atoms with Gasteiger partial charge in [0, 0.05) is 19.2 Å². The number of piperidine rings is 1. The zero-order valence-electron chi connectivity index (χ0n) is 12.5. The van der Waals surface area contributed by atoms with Crippen molar-refractivity contribution in [2.45, 2.75) is 31.9 Å². The van der Waals surface area contributed by atoms with Crippen LogP contribution in [0, 0.1) is 0 Å². The molecule has 1 amide bonds. The number of ether oxygens (including phenoxy) is 1. The highest BCUT2D eigenvalue weighted by Crippen LogP contribution is 2.17. The lowest BCUT2D eigenvalue weighted by Crippen LogP contribution is -2.33. The third-order valence-corrected chi connectivity index (χ3v) is 3.78. The molecule has 1 aliphatic heterocycles. The van der Waals surface area contributed by atoms with E-state index in [1.807, 2.05) is 12.1 Å². The Hall–Kier alpha value is -1.59. The summed E-state index contributed by atoms with van der Waals surface area (Å²) in [5.74, 6) is 0.260. The van der Waals surface area contributed by atoms with Crippen LogP contribution in [-0.4, -0.2) is 48.8 Å². The highest BCUT2D eigenvalue weighted by atomic mass is 16.5. The SMILES string of the molecule is CN(Cc1ccccc1O)C(=O)CCOC1CCNCC1. The molecule has 1 aromatic carbocycles. The topological polar surface area (TPSA) is 61.8 Å². The molecule has 1 aromatic rings. The van der Waals surface area contributed by atoms with E-state index in [1.54, 1.807) is 24.1 Å². The second-order valence-corrected chi connectivity index (χ2v) is 5.45. The van der Waals surface area contributed by atoms with Crippen LogP contribution in [0.2, 0.25) is 0 Å². The second kappa shape index (κ2) is 8.00. The van der Waals surface area contributed by atoms with Gasteiger partial charge in [0.15, 0.2) is 0 Å². The number of aromatic hydroxyl groups is 1. The molecule has 0 saturated carbocycles. The van der Waals surface area contributed by atoms with Gasteiger partial charge in [-0.25, -0.2) is 0 Å². The van der Waals surface area contributed by atoms with Crippen molar-refractivity contribution >= 4 is 5.91 Å². The molecule has 0 bridgehead atoms. The Morgan fingerprint density at radius 3 is 2.81 bits per heavy atom. The van der Waals surface area contributed by atoms with E-state index < -0.39 is 0 Å². The van der Waals surface area contributed by atoms with Crippen LogP contribution in [0.25, 0.3) is 0 Å². The van der Waals surface area contributed by atoms with Crippen LogP contribution in [0.4, 0.5) is 0 Å². The van der Waals surface area contributed by atoms with Gasteiger partial charge in [-0.2, -0.15) is 0 Å². The molecule has 0 radical (unpaired) electrons. The second-order valence-electron chi connectivity index (χ2n) is 5.45. The monoisotopic (exact) mass is 292 g/mol. The first-order valence-corrected chi connectivity index (χ1v) is 7.50. The van der Waals surface area contributed by atoms with Crippen molar-refractivity contribution < 1.29 is 14.6 Å². The van der Waals surface area contributed by atoms with E-state index in [9.17, 15) is 9.90 Å². The van der Waals surface area contributed by atoms with E-state index in [0.29, 0.717) is 19.6 Å². The van der Waals surface area contributed by atoms with E-state index in [0.717, 1.165) is 31.5 Å². The van der Waals surface area contributed by atoms with E-state index in [1.165, 1.54) is 0 Å². The first-order valence-electron chi connectivity index (χ1n) is 7.50. The van der Waals surface area contributed by atoms with Crippen LogP contribution in [0.5, 0.6) is 5.75 Å². The minimum Gasteiger partial charge on any atom is -0.508 e. The van der Waals surface area contributed by atoms with Crippen molar-refractivity contribution in [3.63, 3.8) is 0 Å². The van der Waals surface area contributed by atoms with Crippen LogP contribution in [0.3, 0.4) is 0 Å². The number of benzene rings is 1. The van der Waals surface area contributed by atoms with Crippen LogP contribution in [-0.2, 0) is 16.1 Å². The summed E-state index contributed by atoms with van der Waals surface area (Å²) in [4.78, 5) is 13.7. The fourth-order valence-electron chi connectivity index (χ4n) is 2.45. The van der Waals surface area contributed by atoms with E-state index in [4.69, 9.17) is 4.74 Å². The number of amides is 1. The lowest BCUT2D eigenvalue weighted by atomic mass is 10.1. The third kappa shape index (κ3) is 5.02. The molecule has 0 spiro atoms. The van der Waals surface area contributed by atoms with Gasteiger partial charge < -0.3 is 20.1 Å². The molecule has 1 aliphatic rings. The van der Waals surface area contributed by atoms with Gasteiger partial charge in [-0.1, -0.05) is 18.2 Å². The molecule has 5 nitrogen and oxygen atoms in total. The van der Waals surface area contributed by atoms with Crippen molar-refractivity contribution in [3.8, 4) is 5.75 Å². The summed E-state index contributed by atoms with van der Waals surface area (Å²) < 4.78 is 5.74. The summed E-state index contributed by atoms with van der Waals surface area (Å²) in [6, 6.07) is 7.08. The zero-order chi connectivity index (χ0) is 15.1. The van der Waals surface area contributed by atoms with Crippen molar-refractivity contribution in [1.29, 1.82) is 0 Å². The number of para-hydroxylation sites is 1. The van der Waals surface area contributed by atoms with Gasteiger partial charge in [-0.15, -0.1) is 0 Å². The molecular weight excluding hydrogens is 268 g/mol. The first-order chi connectivity index (χ1) is 10.2. The molecule has 0 unspecified atom stereocenters. The highest BCUT2D eigenvalue weighted by molar-refractivity contribution is 5.76. The summed E-state index contributed by atoms with van der Waals surface area (Å²) in [6.45, 7) is 2.87. The molecule has 0 aliphatic carbocycles. The predicted octanol–water partition coefficient (Wildman–Crippen LogP) is 1.51. The normalized spacial score (nSPS) is 15.9. The standard InChI is InChI=1S/C16H24N2O3/c1-18(12-13-4-2-3-5-15(13)19)16(20)8-11-21-14-6-9-17-10-7-14/h2-5,14,17,19H,6-12H2,1H3. The van der Waals surface area contributed by atoms with Gasteiger partial charge in [-0.05, 0) is 32.0 Å². The number of carbonyl (C=O) groups excluding carboxylic acids is 1. The summed E-state index contributed by atoms with van der Waals surface area (Å²) in [5, 5.41) is 13.0. The van der Waals surface area contributed by atoms with Crippen LogP contribution in [0.15, 0.2) is 24.3 Å². The van der Waals surface area contributed by atoms with Gasteiger partial charge in [0.05, 0.1) is 19.1 Å². The van der Waals surface area contributed by atoms with E-state index in [2.05, 4.69) is 5.32 Å². The lowest BCUT2D eigenvalue weighted by Gasteiger charge is -2.23. The number of nitrogens with zero attached hydrogens (tertiary/aromatic N) is 1. The van der Waals surface area contributed by atoms with Crippen molar-refractivity contribution in [1.82, 2.24) is 10.2 Å². The Morgan fingerprint density at radius 2 is 2.10 bits per heavy atom. The van der Waals surface area contributed by atoms with Gasteiger partial charge in [0.2, 0.25) is 5.91 Å². The largest absolute Gasteiger partial charge is 0.508 e. The predicted molar refractivity (Wildman–Crippen MR) is 81.0 cm³/mol. The molecule has 1 fully saturated rings. The fraction of sp³-hybridized carbons (Fsp3) is 0.562. The van der Waals surface area contributed by atoms with Crippen molar-refractivity contribution in [2.24, 2.45) is 0 Å². The number of phenolic OH excluding ortho intramolecular Hbond substituents is 1. The average Bonchev–Trinajstić information content (AvgIpc) is 2.50. The Kier molecular flexibility index (Phi) is 6.02. The Morgan fingerprint density at radius 1 is 1.38 bits per heavy atom.